The lowest BCUT2D eigenvalue weighted by Crippen LogP contribution is -2.17. The fourth-order valence-corrected chi connectivity index (χ4v) is 3.97. The predicted octanol–water partition coefficient (Wildman–Crippen LogP) is 4.09. The first-order valence-corrected chi connectivity index (χ1v) is 8.73. The number of hydrogen-bond donors (Lipinski definition) is 1. The monoisotopic (exact) mass is 326 g/mol. The maximum atomic E-state index is 13.0. The van der Waals surface area contributed by atoms with Gasteiger partial charge in [-0.25, -0.2) is 0 Å². The first-order chi connectivity index (χ1) is 11.1. The Balaban J connectivity index is 2.07. The van der Waals surface area contributed by atoms with E-state index in [1.807, 2.05) is 30.3 Å². The van der Waals surface area contributed by atoms with Crippen LogP contribution < -0.4 is 10.7 Å². The van der Waals surface area contributed by atoms with Gasteiger partial charge in [0, 0.05) is 27.0 Å². The highest BCUT2D eigenvalue weighted by molar-refractivity contribution is 7.24. The van der Waals surface area contributed by atoms with Crippen LogP contribution in [0.15, 0.2) is 41.2 Å². The van der Waals surface area contributed by atoms with Gasteiger partial charge in [-0.3, -0.25) is 4.79 Å². The van der Waals surface area contributed by atoms with E-state index in [9.17, 15) is 4.79 Å². The van der Waals surface area contributed by atoms with Gasteiger partial charge in [-0.2, -0.15) is 0 Å². The summed E-state index contributed by atoms with van der Waals surface area (Å²) in [5.41, 5.74) is 2.25. The number of nitrogens with one attached hydrogen (secondary N) is 1. The molecule has 1 N–H and O–H groups in total. The third kappa shape index (κ3) is 3.23. The molecule has 4 heteroatoms. The Labute approximate surface area is 140 Å². The molecule has 2 aromatic carbocycles. The molecule has 0 saturated heterocycles. The Morgan fingerprint density at radius 2 is 1.91 bits per heavy atom. The van der Waals surface area contributed by atoms with Gasteiger partial charge in [0.25, 0.3) is 0 Å². The van der Waals surface area contributed by atoms with Gasteiger partial charge in [-0.05, 0) is 57.7 Å². The molecule has 3 rings (SSSR count). The molecule has 0 amide bonds. The number of hydrogen-bond acceptors (Lipinski definition) is 4. The first kappa shape index (κ1) is 16.0. The fraction of sp³-hybridized carbons (Fsp3) is 0.316. The third-order valence-corrected chi connectivity index (χ3v) is 5.33. The summed E-state index contributed by atoms with van der Waals surface area (Å²) < 4.78 is 2.14. The molecule has 0 unspecified atom stereocenters. The lowest BCUT2D eigenvalue weighted by molar-refractivity contribution is 0.405. The molecular formula is C19H22N2OS. The van der Waals surface area contributed by atoms with Crippen molar-refractivity contribution in [1.82, 2.24) is 4.90 Å². The minimum absolute atomic E-state index is 0.133. The number of fused-ring (bicyclic) bond motifs is 2. The van der Waals surface area contributed by atoms with Crippen molar-refractivity contribution in [3.8, 4) is 0 Å². The minimum Gasteiger partial charge on any atom is -0.384 e. The quantitative estimate of drug-likeness (QED) is 0.566. The molecule has 0 saturated carbocycles. The molecule has 1 aromatic heterocycles. The smallest absolute Gasteiger partial charge is 0.197 e. The van der Waals surface area contributed by atoms with Crippen LogP contribution in [0.2, 0.25) is 0 Å². The van der Waals surface area contributed by atoms with Gasteiger partial charge in [-0.15, -0.1) is 11.3 Å². The van der Waals surface area contributed by atoms with Crippen LogP contribution >= 0.6 is 11.3 Å². The van der Waals surface area contributed by atoms with E-state index >= 15 is 0 Å². The van der Waals surface area contributed by atoms with Crippen LogP contribution in [0.25, 0.3) is 20.2 Å². The molecule has 0 fully saturated rings. The first-order valence-electron chi connectivity index (χ1n) is 7.91. The van der Waals surface area contributed by atoms with Crippen LogP contribution in [0.3, 0.4) is 0 Å². The van der Waals surface area contributed by atoms with E-state index in [2.05, 4.69) is 37.3 Å². The Morgan fingerprint density at radius 3 is 2.70 bits per heavy atom. The van der Waals surface area contributed by atoms with Crippen LogP contribution in [-0.2, 0) is 0 Å². The van der Waals surface area contributed by atoms with Crippen LogP contribution in [0.1, 0.15) is 12.0 Å². The Hall–Kier alpha value is -1.91. The van der Waals surface area contributed by atoms with Crippen molar-refractivity contribution in [3.05, 3.63) is 52.2 Å². The normalized spacial score (nSPS) is 11.5. The molecule has 0 spiro atoms. The molecule has 0 radical (unpaired) electrons. The summed E-state index contributed by atoms with van der Waals surface area (Å²) in [6, 6.07) is 12.0. The Morgan fingerprint density at radius 1 is 1.13 bits per heavy atom. The van der Waals surface area contributed by atoms with E-state index in [0.717, 1.165) is 50.9 Å². The van der Waals surface area contributed by atoms with Crippen molar-refractivity contribution >= 4 is 37.2 Å². The van der Waals surface area contributed by atoms with Crippen molar-refractivity contribution in [2.75, 3.05) is 32.5 Å². The molecule has 0 aliphatic rings. The van der Waals surface area contributed by atoms with Crippen LogP contribution in [0.5, 0.6) is 0 Å². The average Bonchev–Trinajstić information content (AvgIpc) is 2.54. The SMILES string of the molecule is Cc1ccc(NCCCN(C)C)c2c(=O)c3ccccc3sc12. The number of aryl methyl sites for hydroxylation is 1. The van der Waals surface area contributed by atoms with Gasteiger partial charge in [0.1, 0.15) is 0 Å². The lowest BCUT2D eigenvalue weighted by Gasteiger charge is -2.13. The summed E-state index contributed by atoms with van der Waals surface area (Å²) in [6.45, 7) is 3.97. The van der Waals surface area contributed by atoms with E-state index in [-0.39, 0.29) is 5.43 Å². The van der Waals surface area contributed by atoms with E-state index in [0.29, 0.717) is 0 Å². The molecule has 0 atom stereocenters. The fourth-order valence-electron chi connectivity index (χ4n) is 2.80. The summed E-state index contributed by atoms with van der Waals surface area (Å²) in [4.78, 5) is 15.1. The van der Waals surface area contributed by atoms with Gasteiger partial charge in [-0.1, -0.05) is 18.2 Å². The molecule has 3 nitrogen and oxygen atoms in total. The number of rotatable bonds is 5. The topological polar surface area (TPSA) is 32.3 Å². The zero-order valence-corrected chi connectivity index (χ0v) is 14.7. The second-order valence-corrected chi connectivity index (χ2v) is 7.20. The largest absolute Gasteiger partial charge is 0.384 e. The number of nitrogens with zero attached hydrogens (tertiary/aromatic N) is 1. The van der Waals surface area contributed by atoms with Crippen LogP contribution in [0.4, 0.5) is 5.69 Å². The third-order valence-electron chi connectivity index (χ3n) is 4.02. The van der Waals surface area contributed by atoms with Crippen molar-refractivity contribution in [3.63, 3.8) is 0 Å². The zero-order chi connectivity index (χ0) is 16.4. The van der Waals surface area contributed by atoms with Crippen LogP contribution in [-0.4, -0.2) is 32.1 Å². The van der Waals surface area contributed by atoms with Gasteiger partial charge < -0.3 is 10.2 Å². The molecule has 0 aliphatic carbocycles. The van der Waals surface area contributed by atoms with Gasteiger partial charge in [0.15, 0.2) is 5.43 Å². The average molecular weight is 326 g/mol. The predicted molar refractivity (Wildman–Crippen MR) is 102 cm³/mol. The van der Waals surface area contributed by atoms with Crippen molar-refractivity contribution in [2.24, 2.45) is 0 Å². The summed E-state index contributed by atoms with van der Waals surface area (Å²) in [6.07, 6.45) is 1.05. The molecule has 0 bridgehead atoms. The summed E-state index contributed by atoms with van der Waals surface area (Å²) in [7, 11) is 4.15. The van der Waals surface area contributed by atoms with Crippen molar-refractivity contribution in [2.45, 2.75) is 13.3 Å². The second kappa shape index (κ2) is 6.69. The molecule has 1 heterocycles. The summed E-state index contributed by atoms with van der Waals surface area (Å²) in [5, 5.41) is 5.10. The molecule has 3 aromatic rings. The molecule has 120 valence electrons. The van der Waals surface area contributed by atoms with E-state index in [1.165, 1.54) is 0 Å². The lowest BCUT2D eigenvalue weighted by atomic mass is 10.1. The Kier molecular flexibility index (Phi) is 4.64. The highest BCUT2D eigenvalue weighted by Crippen LogP contribution is 2.31. The van der Waals surface area contributed by atoms with Crippen molar-refractivity contribution < 1.29 is 0 Å². The van der Waals surface area contributed by atoms with Gasteiger partial charge in [0.2, 0.25) is 0 Å². The standard InChI is InChI=1S/C19H22N2OS/c1-13-9-10-15(20-11-6-12-21(2)3)17-18(22)14-7-4-5-8-16(14)23-19(13)17/h4-5,7-10,20H,6,11-12H2,1-3H3. The number of anilines is 1. The molecule has 23 heavy (non-hydrogen) atoms. The summed E-state index contributed by atoms with van der Waals surface area (Å²) >= 11 is 1.70. The second-order valence-electron chi connectivity index (χ2n) is 6.15. The summed E-state index contributed by atoms with van der Waals surface area (Å²) in [5.74, 6) is 0. The van der Waals surface area contributed by atoms with E-state index in [1.54, 1.807) is 11.3 Å². The molecular weight excluding hydrogens is 304 g/mol. The molecule has 0 aliphatic heterocycles. The maximum absolute atomic E-state index is 13.0. The van der Waals surface area contributed by atoms with E-state index in [4.69, 9.17) is 0 Å². The van der Waals surface area contributed by atoms with Crippen LogP contribution in [0, 0.1) is 6.92 Å². The minimum atomic E-state index is 0.133. The Bertz CT molecular complexity index is 899. The van der Waals surface area contributed by atoms with E-state index < -0.39 is 0 Å². The van der Waals surface area contributed by atoms with Gasteiger partial charge in [0.05, 0.1) is 5.39 Å². The zero-order valence-electron chi connectivity index (χ0n) is 13.8. The van der Waals surface area contributed by atoms with Crippen molar-refractivity contribution in [1.29, 1.82) is 0 Å². The highest BCUT2D eigenvalue weighted by atomic mass is 32.1. The highest BCUT2D eigenvalue weighted by Gasteiger charge is 2.11. The van der Waals surface area contributed by atoms with Gasteiger partial charge >= 0.3 is 0 Å². The number of benzene rings is 2. The maximum Gasteiger partial charge on any atom is 0.197 e.